The lowest BCUT2D eigenvalue weighted by atomic mass is 10.0. The summed E-state index contributed by atoms with van der Waals surface area (Å²) in [5.74, 6) is -0.337. The number of hydrogen-bond acceptors (Lipinski definition) is 4. The number of hydrogen-bond donors (Lipinski definition) is 2. The van der Waals surface area contributed by atoms with E-state index in [4.69, 9.17) is 4.74 Å². The van der Waals surface area contributed by atoms with Crippen LogP contribution in [-0.4, -0.2) is 22.4 Å². The molecule has 2 aromatic rings. The fourth-order valence-corrected chi connectivity index (χ4v) is 2.27. The summed E-state index contributed by atoms with van der Waals surface area (Å²) in [6.07, 6.45) is 1.54. The van der Waals surface area contributed by atoms with Crippen LogP contribution in [0.4, 0.5) is 5.82 Å². The Labute approximate surface area is 133 Å². The predicted octanol–water partition coefficient (Wildman–Crippen LogP) is 1.80. The monoisotopic (exact) mass is 311 g/mol. The molecule has 2 N–H and O–H groups in total. The number of pyridine rings is 1. The van der Waals surface area contributed by atoms with Crippen LogP contribution in [0.25, 0.3) is 0 Å². The summed E-state index contributed by atoms with van der Waals surface area (Å²) in [4.78, 5) is 28.7. The van der Waals surface area contributed by atoms with E-state index < -0.39 is 17.4 Å². The first-order valence-electron chi connectivity index (χ1n) is 7.28. The van der Waals surface area contributed by atoms with Crippen molar-refractivity contribution in [2.45, 2.75) is 26.0 Å². The van der Waals surface area contributed by atoms with Crippen LogP contribution < -0.4 is 15.4 Å². The Morgan fingerprint density at radius 2 is 2.04 bits per heavy atom. The molecule has 6 nitrogen and oxygen atoms in total. The molecule has 118 valence electrons. The molecule has 2 heterocycles. The van der Waals surface area contributed by atoms with Gasteiger partial charge >= 0.3 is 0 Å². The van der Waals surface area contributed by atoms with E-state index in [9.17, 15) is 9.59 Å². The van der Waals surface area contributed by atoms with Gasteiger partial charge in [0.25, 0.3) is 17.4 Å². The van der Waals surface area contributed by atoms with E-state index in [2.05, 4.69) is 15.6 Å². The number of fused-ring (bicyclic) bond motifs is 1. The number of amides is 2. The van der Waals surface area contributed by atoms with Crippen molar-refractivity contribution in [1.82, 2.24) is 10.3 Å². The highest BCUT2D eigenvalue weighted by atomic mass is 16.5. The van der Waals surface area contributed by atoms with Gasteiger partial charge in [0.1, 0.15) is 0 Å². The van der Waals surface area contributed by atoms with Crippen molar-refractivity contribution in [3.8, 4) is 5.75 Å². The molecule has 0 saturated carbocycles. The van der Waals surface area contributed by atoms with Gasteiger partial charge in [-0.1, -0.05) is 29.8 Å². The number of nitrogens with one attached hydrogen (secondary N) is 2. The van der Waals surface area contributed by atoms with Crippen LogP contribution in [0.2, 0.25) is 0 Å². The molecule has 23 heavy (non-hydrogen) atoms. The Morgan fingerprint density at radius 3 is 2.78 bits per heavy atom. The Kier molecular flexibility index (Phi) is 3.73. The predicted molar refractivity (Wildman–Crippen MR) is 84.9 cm³/mol. The first kappa shape index (κ1) is 15.0. The minimum absolute atomic E-state index is 0.321. The van der Waals surface area contributed by atoms with E-state index in [0.717, 1.165) is 11.1 Å². The molecule has 0 radical (unpaired) electrons. The molecule has 1 aliphatic rings. The lowest BCUT2D eigenvalue weighted by Gasteiger charge is -2.32. The van der Waals surface area contributed by atoms with Gasteiger partial charge in [-0.25, -0.2) is 4.98 Å². The molecule has 1 aromatic heterocycles. The van der Waals surface area contributed by atoms with Crippen molar-refractivity contribution in [3.05, 3.63) is 53.7 Å². The van der Waals surface area contributed by atoms with Crippen molar-refractivity contribution in [1.29, 1.82) is 0 Å². The van der Waals surface area contributed by atoms with E-state index in [0.29, 0.717) is 18.1 Å². The number of aryl methyl sites for hydroxylation is 1. The summed E-state index contributed by atoms with van der Waals surface area (Å²) in [5.41, 5.74) is 0.470. The molecule has 1 atom stereocenters. The summed E-state index contributed by atoms with van der Waals surface area (Å²) < 4.78 is 5.61. The topological polar surface area (TPSA) is 80.3 Å². The molecule has 0 spiro atoms. The highest BCUT2D eigenvalue weighted by Gasteiger charge is 2.47. The summed E-state index contributed by atoms with van der Waals surface area (Å²) in [7, 11) is 0. The second kappa shape index (κ2) is 5.72. The highest BCUT2D eigenvalue weighted by molar-refractivity contribution is 6.15. The smallest absolute Gasteiger partial charge is 0.279 e. The van der Waals surface area contributed by atoms with Crippen LogP contribution in [0.3, 0.4) is 0 Å². The van der Waals surface area contributed by atoms with E-state index in [1.807, 2.05) is 31.2 Å². The number of carbonyl (C=O) groups is 2. The molecule has 0 unspecified atom stereocenters. The molecule has 0 fully saturated rings. The summed E-state index contributed by atoms with van der Waals surface area (Å²) >= 11 is 0. The zero-order valence-electron chi connectivity index (χ0n) is 12.9. The maximum Gasteiger partial charge on any atom is 0.279 e. The zero-order chi connectivity index (χ0) is 16.4. The molecule has 0 saturated heterocycles. The summed E-state index contributed by atoms with van der Waals surface area (Å²) in [5, 5.41) is 5.35. The van der Waals surface area contributed by atoms with Crippen molar-refractivity contribution >= 4 is 17.6 Å². The highest BCUT2D eigenvalue weighted by Crippen LogP contribution is 2.31. The normalized spacial score (nSPS) is 19.3. The van der Waals surface area contributed by atoms with Gasteiger partial charge in [-0.05, 0) is 31.5 Å². The van der Waals surface area contributed by atoms with E-state index >= 15 is 0 Å². The third-order valence-electron chi connectivity index (χ3n) is 3.76. The average molecular weight is 311 g/mol. The number of ether oxygens (including phenoxy) is 1. The summed E-state index contributed by atoms with van der Waals surface area (Å²) in [6, 6.07) is 11.1. The second-order valence-electron chi connectivity index (χ2n) is 5.61. The van der Waals surface area contributed by atoms with Gasteiger partial charge in [-0.15, -0.1) is 0 Å². The third-order valence-corrected chi connectivity index (χ3v) is 3.76. The number of nitrogens with zero attached hydrogens (tertiary/aromatic N) is 1. The largest absolute Gasteiger partial charge is 0.464 e. The summed E-state index contributed by atoms with van der Waals surface area (Å²) in [6.45, 7) is 3.77. The van der Waals surface area contributed by atoms with Crippen LogP contribution in [0.1, 0.15) is 18.1 Å². The minimum Gasteiger partial charge on any atom is -0.464 e. The fourth-order valence-electron chi connectivity index (χ4n) is 2.27. The Balaban J connectivity index is 1.73. The van der Waals surface area contributed by atoms with Crippen LogP contribution in [0.15, 0.2) is 42.6 Å². The van der Waals surface area contributed by atoms with Gasteiger partial charge in [-0.2, -0.15) is 0 Å². The van der Waals surface area contributed by atoms with Crippen molar-refractivity contribution in [3.63, 3.8) is 0 Å². The number of aromatic nitrogens is 1. The standard InChI is InChI=1S/C17H17N3O3/c1-11-5-7-12(8-6-11)10-19-15(21)17(2)16(22)20-14-13(23-17)4-3-9-18-14/h3-9H,10H2,1-2H3,(H,19,21)(H,18,20,22)/t17-/m1/s1. The number of rotatable bonds is 3. The van der Waals surface area contributed by atoms with E-state index in [1.54, 1.807) is 18.3 Å². The molecule has 0 bridgehead atoms. The number of carbonyl (C=O) groups excluding carboxylic acids is 2. The lowest BCUT2D eigenvalue weighted by Crippen LogP contribution is -2.58. The Morgan fingerprint density at radius 1 is 1.30 bits per heavy atom. The van der Waals surface area contributed by atoms with Crippen LogP contribution in [0, 0.1) is 6.92 Å². The van der Waals surface area contributed by atoms with Crippen molar-refractivity contribution < 1.29 is 14.3 Å². The maximum atomic E-state index is 12.5. The minimum atomic E-state index is -1.62. The first-order valence-corrected chi connectivity index (χ1v) is 7.28. The quantitative estimate of drug-likeness (QED) is 0.847. The van der Waals surface area contributed by atoms with Crippen LogP contribution in [0.5, 0.6) is 5.75 Å². The maximum absolute atomic E-state index is 12.5. The molecule has 0 aliphatic carbocycles. The number of benzene rings is 1. The molecule has 2 amide bonds. The first-order chi connectivity index (χ1) is 11.0. The second-order valence-corrected chi connectivity index (χ2v) is 5.61. The van der Waals surface area contributed by atoms with Crippen LogP contribution in [-0.2, 0) is 16.1 Å². The van der Waals surface area contributed by atoms with Gasteiger partial charge in [0.2, 0.25) is 0 Å². The third kappa shape index (κ3) is 2.88. The number of anilines is 1. The SMILES string of the molecule is Cc1ccc(CNC(=O)[C@@]2(C)Oc3cccnc3NC2=O)cc1. The van der Waals surface area contributed by atoms with Crippen LogP contribution >= 0.6 is 0 Å². The van der Waals surface area contributed by atoms with Gasteiger partial charge in [0.15, 0.2) is 11.6 Å². The average Bonchev–Trinajstić information content (AvgIpc) is 2.55. The Bertz CT molecular complexity index is 758. The molecule has 1 aliphatic heterocycles. The molecule has 6 heteroatoms. The molecular weight excluding hydrogens is 294 g/mol. The van der Waals surface area contributed by atoms with Gasteiger partial charge in [0, 0.05) is 12.7 Å². The van der Waals surface area contributed by atoms with Gasteiger partial charge < -0.3 is 15.4 Å². The molecular formula is C17H17N3O3. The van der Waals surface area contributed by atoms with E-state index in [-0.39, 0.29) is 0 Å². The molecule has 3 rings (SSSR count). The fraction of sp³-hybridized carbons (Fsp3) is 0.235. The van der Waals surface area contributed by atoms with Gasteiger partial charge in [0.05, 0.1) is 0 Å². The van der Waals surface area contributed by atoms with Crippen molar-refractivity contribution in [2.24, 2.45) is 0 Å². The van der Waals surface area contributed by atoms with E-state index in [1.165, 1.54) is 6.92 Å². The van der Waals surface area contributed by atoms with Gasteiger partial charge in [-0.3, -0.25) is 9.59 Å². The Hall–Kier alpha value is -2.89. The zero-order valence-corrected chi connectivity index (χ0v) is 12.9. The molecule has 1 aromatic carbocycles. The lowest BCUT2D eigenvalue weighted by molar-refractivity contribution is -0.146. The van der Waals surface area contributed by atoms with Crippen molar-refractivity contribution in [2.75, 3.05) is 5.32 Å².